The molecule has 0 saturated carbocycles. The van der Waals surface area contributed by atoms with E-state index in [1.165, 1.54) is 10.9 Å². The van der Waals surface area contributed by atoms with Crippen molar-refractivity contribution in [2.45, 2.75) is 6.92 Å². The summed E-state index contributed by atoms with van der Waals surface area (Å²) in [5.41, 5.74) is 0. The van der Waals surface area contributed by atoms with Gasteiger partial charge in [-0.3, -0.25) is 0 Å². The van der Waals surface area contributed by atoms with E-state index in [0.29, 0.717) is 0 Å². The van der Waals surface area contributed by atoms with Crippen molar-refractivity contribution in [2.75, 3.05) is 0 Å². The van der Waals surface area contributed by atoms with Gasteiger partial charge < -0.3 is 10.0 Å². The molecule has 0 radical (unpaired) electrons. The summed E-state index contributed by atoms with van der Waals surface area (Å²) < 4.78 is 0. The van der Waals surface area contributed by atoms with Gasteiger partial charge in [-0.25, -0.2) is 0 Å². The minimum atomic E-state index is -1.35. The average molecular weight is 168 g/mol. The first-order valence-corrected chi connectivity index (χ1v) is 4.11. The van der Waals surface area contributed by atoms with Crippen LogP contribution in [0.5, 0.6) is 0 Å². The fourth-order valence-electron chi connectivity index (χ4n) is 0.724. The van der Waals surface area contributed by atoms with Crippen molar-refractivity contribution >= 4 is 24.5 Å². The third kappa shape index (κ3) is 2.88. The number of hydrogen-bond acceptors (Lipinski definition) is 3. The van der Waals surface area contributed by atoms with Crippen LogP contribution in [0.1, 0.15) is 9.75 Å². The highest BCUT2D eigenvalue weighted by Gasteiger charge is 1.98. The topological polar surface area (TPSA) is 40.5 Å². The molecule has 4 heteroatoms. The van der Waals surface area contributed by atoms with Crippen molar-refractivity contribution in [3.8, 4) is 0 Å². The van der Waals surface area contributed by atoms with Crippen LogP contribution in [-0.4, -0.2) is 17.2 Å². The molecule has 0 aliphatic rings. The zero-order valence-corrected chi connectivity index (χ0v) is 7.01. The Morgan fingerprint density at radius 2 is 2.18 bits per heavy atom. The van der Waals surface area contributed by atoms with Crippen molar-refractivity contribution in [1.29, 1.82) is 0 Å². The molecule has 0 aromatic carbocycles. The molecule has 2 nitrogen and oxygen atoms in total. The predicted octanol–water partition coefficient (Wildman–Crippen LogP) is 1.08. The van der Waals surface area contributed by atoms with Crippen molar-refractivity contribution in [1.82, 2.24) is 0 Å². The van der Waals surface area contributed by atoms with Crippen LogP contribution in [-0.2, 0) is 0 Å². The lowest BCUT2D eigenvalue weighted by atomic mass is 9.92. The summed E-state index contributed by atoms with van der Waals surface area (Å²) >= 11 is 1.62. The third-order valence-electron chi connectivity index (χ3n) is 1.19. The Morgan fingerprint density at radius 1 is 1.45 bits per heavy atom. The molecule has 1 heterocycles. The van der Waals surface area contributed by atoms with Gasteiger partial charge in [0.15, 0.2) is 0 Å². The summed E-state index contributed by atoms with van der Waals surface area (Å²) in [5.74, 6) is 1.34. The van der Waals surface area contributed by atoms with Crippen LogP contribution in [0.25, 0.3) is 6.08 Å². The lowest BCUT2D eigenvalue weighted by Gasteiger charge is -1.84. The maximum atomic E-state index is 8.49. The minimum absolute atomic E-state index is 1.04. The SMILES string of the molecule is Cc1ccc(/C=C/B(O)O)s1. The third-order valence-corrected chi connectivity index (χ3v) is 2.16. The fraction of sp³-hybridized carbons (Fsp3) is 0.143. The number of hydrogen-bond donors (Lipinski definition) is 2. The zero-order chi connectivity index (χ0) is 8.27. The molecule has 1 rings (SSSR count). The molecule has 0 atom stereocenters. The van der Waals surface area contributed by atoms with E-state index in [1.54, 1.807) is 17.4 Å². The van der Waals surface area contributed by atoms with Crippen molar-refractivity contribution < 1.29 is 10.0 Å². The smallest absolute Gasteiger partial charge is 0.424 e. The van der Waals surface area contributed by atoms with E-state index in [2.05, 4.69) is 0 Å². The maximum Gasteiger partial charge on any atom is 0.480 e. The summed E-state index contributed by atoms with van der Waals surface area (Å²) in [4.78, 5) is 2.26. The van der Waals surface area contributed by atoms with Gasteiger partial charge in [0.1, 0.15) is 0 Å². The second kappa shape index (κ2) is 3.71. The van der Waals surface area contributed by atoms with Gasteiger partial charge in [0, 0.05) is 9.75 Å². The summed E-state index contributed by atoms with van der Waals surface area (Å²) in [6.07, 6.45) is 1.70. The van der Waals surface area contributed by atoms with E-state index in [-0.39, 0.29) is 0 Å². The Labute approximate surface area is 70.0 Å². The quantitative estimate of drug-likeness (QED) is 0.648. The minimum Gasteiger partial charge on any atom is -0.424 e. The van der Waals surface area contributed by atoms with Crippen molar-refractivity contribution in [2.24, 2.45) is 0 Å². The van der Waals surface area contributed by atoms with Crippen LogP contribution in [0.15, 0.2) is 18.1 Å². The first-order valence-electron chi connectivity index (χ1n) is 3.29. The van der Waals surface area contributed by atoms with Crippen LogP contribution in [0.4, 0.5) is 0 Å². The first-order chi connectivity index (χ1) is 5.18. The number of rotatable bonds is 2. The van der Waals surface area contributed by atoms with E-state index in [1.807, 2.05) is 19.1 Å². The lowest BCUT2D eigenvalue weighted by molar-refractivity contribution is 0.424. The molecule has 2 N–H and O–H groups in total. The summed E-state index contributed by atoms with van der Waals surface area (Å²) in [7, 11) is -1.35. The molecule has 0 amide bonds. The van der Waals surface area contributed by atoms with E-state index < -0.39 is 7.12 Å². The van der Waals surface area contributed by atoms with Crippen molar-refractivity contribution in [3.63, 3.8) is 0 Å². The average Bonchev–Trinajstić information content (AvgIpc) is 2.31. The molecule has 58 valence electrons. The Kier molecular flexibility index (Phi) is 2.88. The Morgan fingerprint density at radius 3 is 2.64 bits per heavy atom. The van der Waals surface area contributed by atoms with Gasteiger partial charge >= 0.3 is 7.12 Å². The van der Waals surface area contributed by atoms with Crippen molar-refractivity contribution in [3.05, 3.63) is 27.9 Å². The Hall–Kier alpha value is -0.575. The standard InChI is InChI=1S/C7H9BO2S/c1-6-2-3-7(11-6)4-5-8(9)10/h2-5,9-10H,1H3/b5-4+. The summed E-state index contributed by atoms with van der Waals surface area (Å²) in [6.45, 7) is 2.01. The Balaban J connectivity index is 2.64. The molecular weight excluding hydrogens is 159 g/mol. The Bertz CT molecular complexity index is 255. The second-order valence-corrected chi connectivity index (χ2v) is 3.54. The van der Waals surface area contributed by atoms with Crippen LogP contribution in [0, 0.1) is 6.92 Å². The van der Waals surface area contributed by atoms with Crippen LogP contribution >= 0.6 is 11.3 Å². The molecule has 0 spiro atoms. The molecule has 0 saturated heterocycles. The summed E-state index contributed by atoms with van der Waals surface area (Å²) in [5, 5.41) is 17.0. The molecule has 11 heavy (non-hydrogen) atoms. The highest BCUT2D eigenvalue weighted by molar-refractivity contribution is 7.12. The fourth-order valence-corrected chi connectivity index (χ4v) is 1.51. The van der Waals surface area contributed by atoms with Crippen LogP contribution in [0.3, 0.4) is 0 Å². The highest BCUT2D eigenvalue weighted by Crippen LogP contribution is 2.16. The molecule has 0 aliphatic carbocycles. The highest BCUT2D eigenvalue weighted by atomic mass is 32.1. The second-order valence-electron chi connectivity index (χ2n) is 2.22. The first kappa shape index (κ1) is 8.52. The van der Waals surface area contributed by atoms with E-state index in [4.69, 9.17) is 10.0 Å². The largest absolute Gasteiger partial charge is 0.480 e. The van der Waals surface area contributed by atoms with Crippen LogP contribution < -0.4 is 0 Å². The van der Waals surface area contributed by atoms with Gasteiger partial charge in [-0.1, -0.05) is 12.1 Å². The van der Waals surface area contributed by atoms with E-state index >= 15 is 0 Å². The molecule has 0 bridgehead atoms. The van der Waals surface area contributed by atoms with Crippen LogP contribution in [0.2, 0.25) is 0 Å². The molecule has 1 aromatic rings. The number of thiophene rings is 1. The number of aryl methyl sites for hydroxylation is 1. The van der Waals surface area contributed by atoms with E-state index in [0.717, 1.165) is 4.88 Å². The van der Waals surface area contributed by atoms with Gasteiger partial charge in [0.05, 0.1) is 0 Å². The predicted molar refractivity (Wildman–Crippen MR) is 48.3 cm³/mol. The van der Waals surface area contributed by atoms with Gasteiger partial charge in [0.25, 0.3) is 0 Å². The van der Waals surface area contributed by atoms with Gasteiger partial charge in [0.2, 0.25) is 0 Å². The molecule has 0 aliphatic heterocycles. The monoisotopic (exact) mass is 168 g/mol. The van der Waals surface area contributed by atoms with Gasteiger partial charge in [-0.2, -0.15) is 0 Å². The van der Waals surface area contributed by atoms with Gasteiger partial charge in [-0.05, 0) is 19.1 Å². The molecule has 0 unspecified atom stereocenters. The lowest BCUT2D eigenvalue weighted by Crippen LogP contribution is -2.04. The normalized spacial score (nSPS) is 10.8. The molecular formula is C7H9BO2S. The van der Waals surface area contributed by atoms with E-state index in [9.17, 15) is 0 Å². The maximum absolute atomic E-state index is 8.49. The molecule has 0 fully saturated rings. The molecule has 1 aromatic heterocycles. The zero-order valence-electron chi connectivity index (χ0n) is 6.19. The summed E-state index contributed by atoms with van der Waals surface area (Å²) in [6, 6.07) is 3.94. The van der Waals surface area contributed by atoms with Gasteiger partial charge in [-0.15, -0.1) is 11.3 Å².